The molecule has 1 heterocycles. The van der Waals surface area contributed by atoms with Crippen molar-refractivity contribution in [1.29, 1.82) is 0 Å². The summed E-state index contributed by atoms with van der Waals surface area (Å²) in [5.74, 6) is 0. The predicted molar refractivity (Wildman–Crippen MR) is 115 cm³/mol. The third kappa shape index (κ3) is 4.62. The first-order valence-electron chi connectivity index (χ1n) is 10.7. The van der Waals surface area contributed by atoms with Gasteiger partial charge in [0.2, 0.25) is 0 Å². The highest BCUT2D eigenvalue weighted by Gasteiger charge is 2.13. The highest BCUT2D eigenvalue weighted by atomic mass is 15.0. The topological polar surface area (TPSA) is 17.0 Å². The predicted octanol–water partition coefficient (Wildman–Crippen LogP) is 6.20. The maximum absolute atomic E-state index is 3.87. The van der Waals surface area contributed by atoms with Crippen molar-refractivity contribution in [1.82, 2.24) is 9.88 Å². The minimum atomic E-state index is 0.684. The van der Waals surface area contributed by atoms with Crippen LogP contribution in [-0.2, 0) is 13.1 Å². The number of aryl methyl sites for hydroxylation is 1. The third-order valence-corrected chi connectivity index (χ3v) is 5.99. The molecule has 4 rings (SSSR count). The van der Waals surface area contributed by atoms with Crippen LogP contribution in [0.5, 0.6) is 0 Å². The fourth-order valence-electron chi connectivity index (χ4n) is 4.52. The van der Waals surface area contributed by atoms with Crippen LogP contribution in [0.25, 0.3) is 10.9 Å². The minimum absolute atomic E-state index is 0.684. The molecule has 1 saturated carbocycles. The molecule has 0 bridgehead atoms. The molecular formula is C25H32N2. The largest absolute Gasteiger partial charge is 0.343 e. The van der Waals surface area contributed by atoms with Gasteiger partial charge in [0.05, 0.1) is 0 Å². The summed E-state index contributed by atoms with van der Waals surface area (Å²) in [5.41, 5.74) is 5.47. The Labute approximate surface area is 163 Å². The van der Waals surface area contributed by atoms with Gasteiger partial charge in [-0.05, 0) is 37.0 Å². The molecule has 0 spiro atoms. The zero-order chi connectivity index (χ0) is 18.5. The van der Waals surface area contributed by atoms with E-state index in [-0.39, 0.29) is 0 Å². The number of fused-ring (bicyclic) bond motifs is 1. The van der Waals surface area contributed by atoms with E-state index in [1.165, 1.54) is 72.5 Å². The van der Waals surface area contributed by atoms with Crippen molar-refractivity contribution in [2.24, 2.45) is 0 Å². The Bertz CT molecular complexity index is 869. The van der Waals surface area contributed by atoms with Crippen molar-refractivity contribution in [3.05, 3.63) is 71.4 Å². The number of aromatic nitrogens is 1. The van der Waals surface area contributed by atoms with Crippen LogP contribution in [-0.4, -0.2) is 10.6 Å². The average molecular weight is 361 g/mol. The second-order valence-corrected chi connectivity index (χ2v) is 8.21. The molecule has 1 fully saturated rings. The maximum Gasteiger partial charge on any atom is 0.0486 e. The lowest BCUT2D eigenvalue weighted by atomic mass is 9.96. The molecular weight excluding hydrogens is 328 g/mol. The molecule has 0 atom stereocenters. The van der Waals surface area contributed by atoms with Gasteiger partial charge in [0.25, 0.3) is 0 Å². The van der Waals surface area contributed by atoms with Gasteiger partial charge in [0, 0.05) is 36.2 Å². The van der Waals surface area contributed by atoms with Crippen molar-refractivity contribution in [3.8, 4) is 0 Å². The lowest BCUT2D eigenvalue weighted by Crippen LogP contribution is -2.29. The zero-order valence-corrected chi connectivity index (χ0v) is 16.6. The number of para-hydroxylation sites is 1. The summed E-state index contributed by atoms with van der Waals surface area (Å²) in [7, 11) is 0. The number of rotatable bonds is 5. The Morgan fingerprint density at radius 3 is 2.52 bits per heavy atom. The lowest BCUT2D eigenvalue weighted by Gasteiger charge is -2.21. The molecule has 2 nitrogen and oxygen atoms in total. The van der Waals surface area contributed by atoms with Gasteiger partial charge in [0.1, 0.15) is 0 Å². The fourth-order valence-corrected chi connectivity index (χ4v) is 4.52. The van der Waals surface area contributed by atoms with Crippen molar-refractivity contribution in [3.63, 3.8) is 0 Å². The number of nitrogens with zero attached hydrogens (tertiary/aromatic N) is 1. The van der Waals surface area contributed by atoms with Crippen molar-refractivity contribution >= 4 is 10.9 Å². The molecule has 0 radical (unpaired) electrons. The second-order valence-electron chi connectivity index (χ2n) is 8.21. The molecule has 142 valence electrons. The summed E-state index contributed by atoms with van der Waals surface area (Å²) < 4.78 is 2.42. The highest BCUT2D eigenvalue weighted by Crippen LogP contribution is 2.24. The number of hydrogen-bond acceptors (Lipinski definition) is 1. The van der Waals surface area contributed by atoms with Crippen molar-refractivity contribution in [2.75, 3.05) is 0 Å². The Hall–Kier alpha value is -2.06. The molecule has 0 aliphatic heterocycles. The normalized spacial score (nSPS) is 16.3. The smallest absolute Gasteiger partial charge is 0.0486 e. The summed E-state index contributed by atoms with van der Waals surface area (Å²) in [4.78, 5) is 0. The van der Waals surface area contributed by atoms with E-state index in [1.54, 1.807) is 0 Å². The maximum atomic E-state index is 3.87. The standard InChI is InChI=1S/C25H32N2/c1-20-10-9-11-21(16-20)18-27-19-22(24-14-7-8-15-25(24)27)17-26-23-12-5-3-2-4-6-13-23/h7-11,14-16,19,23,26H,2-6,12-13,17-18H2,1H3. The fraction of sp³-hybridized carbons (Fsp3) is 0.440. The summed E-state index contributed by atoms with van der Waals surface area (Å²) in [6.07, 6.45) is 12.0. The van der Waals surface area contributed by atoms with Gasteiger partial charge in [-0.25, -0.2) is 0 Å². The molecule has 2 heteroatoms. The first-order valence-corrected chi connectivity index (χ1v) is 10.7. The highest BCUT2D eigenvalue weighted by molar-refractivity contribution is 5.84. The van der Waals surface area contributed by atoms with Crippen molar-refractivity contribution in [2.45, 2.75) is 71.0 Å². The Balaban J connectivity index is 1.52. The van der Waals surface area contributed by atoms with E-state index in [2.05, 4.69) is 71.5 Å². The number of nitrogens with one attached hydrogen (secondary N) is 1. The third-order valence-electron chi connectivity index (χ3n) is 5.99. The van der Waals surface area contributed by atoms with Crippen LogP contribution in [0, 0.1) is 6.92 Å². The van der Waals surface area contributed by atoms with Crippen LogP contribution in [0.3, 0.4) is 0 Å². The average Bonchev–Trinajstić information content (AvgIpc) is 2.99. The van der Waals surface area contributed by atoms with E-state index in [1.807, 2.05) is 0 Å². The second kappa shape index (κ2) is 8.75. The van der Waals surface area contributed by atoms with E-state index >= 15 is 0 Å². The Kier molecular flexibility index (Phi) is 5.94. The first kappa shape index (κ1) is 18.3. The molecule has 0 unspecified atom stereocenters. The van der Waals surface area contributed by atoms with Crippen LogP contribution in [0.4, 0.5) is 0 Å². The molecule has 1 aliphatic carbocycles. The van der Waals surface area contributed by atoms with Crippen LogP contribution in [0.1, 0.15) is 61.6 Å². The van der Waals surface area contributed by atoms with Gasteiger partial charge >= 0.3 is 0 Å². The van der Waals surface area contributed by atoms with Crippen LogP contribution in [0.2, 0.25) is 0 Å². The lowest BCUT2D eigenvalue weighted by molar-refractivity contribution is 0.389. The zero-order valence-electron chi connectivity index (χ0n) is 16.6. The van der Waals surface area contributed by atoms with E-state index in [0.29, 0.717) is 6.04 Å². The van der Waals surface area contributed by atoms with E-state index in [0.717, 1.165) is 13.1 Å². The molecule has 1 N–H and O–H groups in total. The molecule has 0 saturated heterocycles. The molecule has 1 aromatic heterocycles. The SMILES string of the molecule is Cc1cccc(Cn2cc(CNC3CCCCCCC3)c3ccccc32)c1. The van der Waals surface area contributed by atoms with Gasteiger partial charge < -0.3 is 9.88 Å². The molecule has 27 heavy (non-hydrogen) atoms. The Morgan fingerprint density at radius 2 is 1.70 bits per heavy atom. The minimum Gasteiger partial charge on any atom is -0.343 e. The van der Waals surface area contributed by atoms with Gasteiger partial charge in [-0.15, -0.1) is 0 Å². The van der Waals surface area contributed by atoms with Gasteiger partial charge in [-0.3, -0.25) is 0 Å². The quantitative estimate of drug-likeness (QED) is 0.573. The van der Waals surface area contributed by atoms with Gasteiger partial charge in [0.15, 0.2) is 0 Å². The van der Waals surface area contributed by atoms with E-state index in [4.69, 9.17) is 0 Å². The van der Waals surface area contributed by atoms with E-state index in [9.17, 15) is 0 Å². The Morgan fingerprint density at radius 1 is 0.926 bits per heavy atom. The first-order chi connectivity index (χ1) is 13.3. The summed E-state index contributed by atoms with van der Waals surface area (Å²) >= 11 is 0. The van der Waals surface area contributed by atoms with Crippen LogP contribution in [0.15, 0.2) is 54.7 Å². The molecule has 2 aromatic carbocycles. The summed E-state index contributed by atoms with van der Waals surface area (Å²) in [6.45, 7) is 4.08. The van der Waals surface area contributed by atoms with Crippen LogP contribution < -0.4 is 5.32 Å². The van der Waals surface area contributed by atoms with Crippen LogP contribution >= 0.6 is 0 Å². The molecule has 0 amide bonds. The monoisotopic (exact) mass is 360 g/mol. The molecule has 3 aromatic rings. The van der Waals surface area contributed by atoms with Crippen molar-refractivity contribution < 1.29 is 0 Å². The van der Waals surface area contributed by atoms with E-state index < -0.39 is 0 Å². The summed E-state index contributed by atoms with van der Waals surface area (Å²) in [5, 5.41) is 5.26. The number of hydrogen-bond donors (Lipinski definition) is 1. The van der Waals surface area contributed by atoms with Gasteiger partial charge in [-0.1, -0.05) is 80.1 Å². The number of benzene rings is 2. The molecule has 1 aliphatic rings. The van der Waals surface area contributed by atoms with Gasteiger partial charge in [-0.2, -0.15) is 0 Å². The summed E-state index contributed by atoms with van der Waals surface area (Å²) in [6, 6.07) is 18.4.